The topological polar surface area (TPSA) is 70.6 Å². The van der Waals surface area contributed by atoms with Crippen LogP contribution in [-0.4, -0.2) is 32.8 Å². The molecule has 3 heterocycles. The number of hydrogen-bond acceptors (Lipinski definition) is 5. The summed E-state index contributed by atoms with van der Waals surface area (Å²) in [7, 11) is 0. The van der Waals surface area contributed by atoms with Crippen molar-refractivity contribution in [3.63, 3.8) is 0 Å². The van der Waals surface area contributed by atoms with E-state index in [4.69, 9.17) is 10.2 Å². The van der Waals surface area contributed by atoms with Gasteiger partial charge in [0.1, 0.15) is 17.7 Å². The molecule has 0 N–H and O–H groups in total. The molecule has 1 aliphatic heterocycles. The molecule has 6 heteroatoms. The van der Waals surface area contributed by atoms with E-state index in [2.05, 4.69) is 27.1 Å². The van der Waals surface area contributed by atoms with Crippen LogP contribution in [0.2, 0.25) is 0 Å². The predicted molar refractivity (Wildman–Crippen MR) is 81.6 cm³/mol. The van der Waals surface area contributed by atoms with Crippen LogP contribution in [0.3, 0.4) is 0 Å². The minimum absolute atomic E-state index is 0.307. The molecule has 0 amide bonds. The van der Waals surface area contributed by atoms with Gasteiger partial charge in [-0.25, -0.2) is 9.97 Å². The Kier molecular flexibility index (Phi) is 3.07. The van der Waals surface area contributed by atoms with Crippen molar-refractivity contribution in [1.82, 2.24) is 19.7 Å². The molecule has 112 valence electrons. The molecule has 2 aromatic rings. The molecule has 2 aromatic heterocycles. The minimum Gasteiger partial charge on any atom is -0.354 e. The van der Waals surface area contributed by atoms with Crippen molar-refractivity contribution >= 4 is 5.82 Å². The summed E-state index contributed by atoms with van der Waals surface area (Å²) in [5.41, 5.74) is 1.66. The number of nitriles is 1. The molecule has 22 heavy (non-hydrogen) atoms. The standard InChI is InChI=1S/C16H18N6/c1-11-6-15(20-16(19-11)13-2-3-13)21-5-4-14(10-21)22-9-12(7-17)8-18-22/h6,8-9,13-14H,2-5,10H2,1H3. The first-order chi connectivity index (χ1) is 10.7. The van der Waals surface area contributed by atoms with Crippen LogP contribution in [0.1, 0.15) is 48.3 Å². The summed E-state index contributed by atoms with van der Waals surface area (Å²) in [4.78, 5) is 11.6. The lowest BCUT2D eigenvalue weighted by Gasteiger charge is -2.18. The van der Waals surface area contributed by atoms with E-state index in [0.717, 1.165) is 36.8 Å². The summed E-state index contributed by atoms with van der Waals surface area (Å²) in [5, 5.41) is 13.2. The third-order valence-corrected chi connectivity index (χ3v) is 4.39. The molecule has 2 fully saturated rings. The van der Waals surface area contributed by atoms with E-state index in [1.165, 1.54) is 12.8 Å². The zero-order valence-electron chi connectivity index (χ0n) is 12.6. The van der Waals surface area contributed by atoms with Gasteiger partial charge in [0.15, 0.2) is 0 Å². The molecule has 1 saturated heterocycles. The Labute approximate surface area is 129 Å². The smallest absolute Gasteiger partial charge is 0.134 e. The van der Waals surface area contributed by atoms with Crippen LogP contribution in [0.4, 0.5) is 5.82 Å². The van der Waals surface area contributed by atoms with Gasteiger partial charge in [0.2, 0.25) is 0 Å². The second kappa shape index (κ2) is 5.09. The highest BCUT2D eigenvalue weighted by Gasteiger charge is 2.30. The van der Waals surface area contributed by atoms with E-state index in [1.807, 2.05) is 17.8 Å². The molecule has 1 unspecified atom stereocenters. The second-order valence-electron chi connectivity index (χ2n) is 6.21. The van der Waals surface area contributed by atoms with Gasteiger partial charge in [0, 0.05) is 37.0 Å². The van der Waals surface area contributed by atoms with E-state index in [-0.39, 0.29) is 0 Å². The normalized spacial score (nSPS) is 21.1. The average molecular weight is 294 g/mol. The summed E-state index contributed by atoms with van der Waals surface area (Å²) < 4.78 is 1.91. The van der Waals surface area contributed by atoms with Crippen molar-refractivity contribution in [1.29, 1.82) is 5.26 Å². The fourth-order valence-electron chi connectivity index (χ4n) is 3.02. The van der Waals surface area contributed by atoms with Crippen molar-refractivity contribution < 1.29 is 0 Å². The van der Waals surface area contributed by atoms with E-state index in [0.29, 0.717) is 17.5 Å². The summed E-state index contributed by atoms with van der Waals surface area (Å²) in [5.74, 6) is 2.61. The second-order valence-corrected chi connectivity index (χ2v) is 6.21. The Morgan fingerprint density at radius 1 is 1.27 bits per heavy atom. The van der Waals surface area contributed by atoms with Gasteiger partial charge in [0.05, 0.1) is 17.8 Å². The van der Waals surface area contributed by atoms with Gasteiger partial charge >= 0.3 is 0 Å². The number of aromatic nitrogens is 4. The quantitative estimate of drug-likeness (QED) is 0.867. The van der Waals surface area contributed by atoms with E-state index < -0.39 is 0 Å². The van der Waals surface area contributed by atoms with Crippen LogP contribution >= 0.6 is 0 Å². The maximum Gasteiger partial charge on any atom is 0.134 e. The molecule has 0 aromatic carbocycles. The van der Waals surface area contributed by atoms with Gasteiger partial charge in [-0.05, 0) is 26.2 Å². The third kappa shape index (κ3) is 2.43. The first-order valence-corrected chi connectivity index (χ1v) is 7.78. The molecule has 0 bridgehead atoms. The fourth-order valence-corrected chi connectivity index (χ4v) is 3.02. The molecular formula is C16H18N6. The maximum absolute atomic E-state index is 8.91. The highest BCUT2D eigenvalue weighted by molar-refractivity contribution is 5.42. The van der Waals surface area contributed by atoms with Crippen LogP contribution in [0.15, 0.2) is 18.5 Å². The van der Waals surface area contributed by atoms with Gasteiger partial charge < -0.3 is 4.90 Å². The van der Waals surface area contributed by atoms with Gasteiger partial charge in [0.25, 0.3) is 0 Å². The Balaban J connectivity index is 1.54. The molecule has 1 saturated carbocycles. The summed E-state index contributed by atoms with van der Waals surface area (Å²) in [6.07, 6.45) is 6.91. The number of nitrogens with zero attached hydrogens (tertiary/aromatic N) is 6. The highest BCUT2D eigenvalue weighted by Crippen LogP contribution is 2.39. The highest BCUT2D eigenvalue weighted by atomic mass is 15.3. The molecule has 0 radical (unpaired) electrons. The minimum atomic E-state index is 0.307. The maximum atomic E-state index is 8.91. The number of rotatable bonds is 3. The van der Waals surface area contributed by atoms with Gasteiger partial charge in [-0.3, -0.25) is 4.68 Å². The molecule has 1 atom stereocenters. The Hall–Kier alpha value is -2.42. The predicted octanol–water partition coefficient (Wildman–Crippen LogP) is 2.18. The number of hydrogen-bond donors (Lipinski definition) is 0. The lowest BCUT2D eigenvalue weighted by molar-refractivity contribution is 0.494. The third-order valence-electron chi connectivity index (χ3n) is 4.39. The lowest BCUT2D eigenvalue weighted by Crippen LogP contribution is -2.23. The van der Waals surface area contributed by atoms with Crippen molar-refractivity contribution in [2.24, 2.45) is 0 Å². The van der Waals surface area contributed by atoms with Crippen LogP contribution in [0.5, 0.6) is 0 Å². The zero-order valence-corrected chi connectivity index (χ0v) is 12.6. The first-order valence-electron chi connectivity index (χ1n) is 7.78. The van der Waals surface area contributed by atoms with Crippen LogP contribution in [-0.2, 0) is 0 Å². The van der Waals surface area contributed by atoms with E-state index in [9.17, 15) is 0 Å². The lowest BCUT2D eigenvalue weighted by atomic mass is 10.3. The van der Waals surface area contributed by atoms with Crippen molar-refractivity contribution in [2.75, 3.05) is 18.0 Å². The fraction of sp³-hybridized carbons (Fsp3) is 0.500. The van der Waals surface area contributed by atoms with Crippen LogP contribution < -0.4 is 4.90 Å². The monoisotopic (exact) mass is 294 g/mol. The molecule has 1 aliphatic carbocycles. The first kappa shape index (κ1) is 13.3. The van der Waals surface area contributed by atoms with E-state index in [1.54, 1.807) is 6.20 Å². The average Bonchev–Trinajstić information content (AvgIpc) is 3.07. The summed E-state index contributed by atoms with van der Waals surface area (Å²) in [6.45, 7) is 3.89. The Morgan fingerprint density at radius 3 is 2.86 bits per heavy atom. The number of aryl methyl sites for hydroxylation is 1. The van der Waals surface area contributed by atoms with Gasteiger partial charge in [-0.15, -0.1) is 0 Å². The van der Waals surface area contributed by atoms with E-state index >= 15 is 0 Å². The Morgan fingerprint density at radius 2 is 2.14 bits per heavy atom. The zero-order chi connectivity index (χ0) is 15.1. The van der Waals surface area contributed by atoms with Gasteiger partial charge in [-0.2, -0.15) is 10.4 Å². The largest absolute Gasteiger partial charge is 0.354 e. The van der Waals surface area contributed by atoms with Crippen LogP contribution in [0.25, 0.3) is 0 Å². The van der Waals surface area contributed by atoms with Gasteiger partial charge in [-0.1, -0.05) is 0 Å². The molecule has 4 rings (SSSR count). The van der Waals surface area contributed by atoms with Crippen molar-refractivity contribution in [3.8, 4) is 6.07 Å². The molecule has 2 aliphatic rings. The van der Waals surface area contributed by atoms with Crippen molar-refractivity contribution in [2.45, 2.75) is 38.1 Å². The molecular weight excluding hydrogens is 276 g/mol. The van der Waals surface area contributed by atoms with Crippen molar-refractivity contribution in [3.05, 3.63) is 35.5 Å². The summed E-state index contributed by atoms with van der Waals surface area (Å²) in [6, 6.07) is 4.51. The summed E-state index contributed by atoms with van der Waals surface area (Å²) >= 11 is 0. The SMILES string of the molecule is Cc1cc(N2CCC(n3cc(C#N)cn3)C2)nc(C2CC2)n1. The molecule has 0 spiro atoms. The Bertz CT molecular complexity index is 739. The van der Waals surface area contributed by atoms with Crippen LogP contribution in [0, 0.1) is 18.3 Å². The molecule has 6 nitrogen and oxygen atoms in total. The number of anilines is 1.